The number of hydrogen-bond donors (Lipinski definition) is 5. The van der Waals surface area contributed by atoms with Gasteiger partial charge in [-0.3, -0.25) is 33.8 Å². The van der Waals surface area contributed by atoms with E-state index in [1.165, 1.54) is 32.0 Å². The number of amides is 1. The summed E-state index contributed by atoms with van der Waals surface area (Å²) in [7, 11) is 2.89. The molecule has 0 aliphatic carbocycles. The topological polar surface area (TPSA) is 249 Å². The fourth-order valence-electron chi connectivity index (χ4n) is 5.50. The number of nitrogens with zero attached hydrogens (tertiary/aromatic N) is 4. The smallest absolute Gasteiger partial charge is 0.330 e. The number of allylic oxidation sites excluding steroid dienone is 1. The van der Waals surface area contributed by atoms with Crippen molar-refractivity contribution in [1.29, 1.82) is 0 Å². The van der Waals surface area contributed by atoms with Crippen LogP contribution in [0.4, 0.5) is 0 Å². The van der Waals surface area contributed by atoms with Gasteiger partial charge in [0, 0.05) is 38.4 Å². The summed E-state index contributed by atoms with van der Waals surface area (Å²) in [6, 6.07) is -0.348. The maximum absolute atomic E-state index is 13.9. The van der Waals surface area contributed by atoms with Crippen LogP contribution in [-0.2, 0) is 28.5 Å². The van der Waals surface area contributed by atoms with Crippen LogP contribution >= 0.6 is 0 Å². The number of carbonyl (C=O) groups is 2. The van der Waals surface area contributed by atoms with Crippen LogP contribution in [0.25, 0.3) is 0 Å². The van der Waals surface area contributed by atoms with Crippen LogP contribution in [0.2, 0.25) is 0 Å². The Labute approximate surface area is 263 Å². The number of likely N-dealkylation sites (N-methyl/N-ethyl adjacent to an activating group) is 2. The number of carbonyl (C=O) groups excluding carboxylic acids is 2. The van der Waals surface area contributed by atoms with E-state index in [0.717, 1.165) is 21.7 Å². The molecule has 0 aromatic carbocycles. The SMILES string of the molecule is CC(=O)C1=CCN(C)[C@@H]([C@H](OC2OC(CN=C([O-])OC(C)(C)C)C(O)C2O)C2OC(n3ccc(=O)[nH]c3=O)C(O)C2O)C(=O)N1C. The molecule has 2 saturated heterocycles. The predicted octanol–water partition coefficient (Wildman–Crippen LogP) is -4.24. The molecule has 3 aliphatic rings. The molecule has 1 amide bonds. The molecule has 0 saturated carbocycles. The Morgan fingerprint density at radius 2 is 1.78 bits per heavy atom. The molecule has 5 N–H and O–H groups in total. The van der Waals surface area contributed by atoms with Gasteiger partial charge < -0.3 is 49.4 Å². The molecule has 2 fully saturated rings. The predicted molar refractivity (Wildman–Crippen MR) is 154 cm³/mol. The summed E-state index contributed by atoms with van der Waals surface area (Å²) in [6.45, 7) is 5.82. The summed E-state index contributed by atoms with van der Waals surface area (Å²) < 4.78 is 23.7. The maximum Gasteiger partial charge on any atom is 0.330 e. The highest BCUT2D eigenvalue weighted by Crippen LogP contribution is 2.36. The Balaban J connectivity index is 1.68. The van der Waals surface area contributed by atoms with E-state index in [9.17, 15) is 44.7 Å². The summed E-state index contributed by atoms with van der Waals surface area (Å²) >= 11 is 0. The van der Waals surface area contributed by atoms with Gasteiger partial charge in [-0.1, -0.05) is 20.8 Å². The lowest BCUT2D eigenvalue weighted by Crippen LogP contribution is -2.59. The van der Waals surface area contributed by atoms with E-state index in [-0.39, 0.29) is 12.2 Å². The third-order valence-corrected chi connectivity index (χ3v) is 7.79. The number of aliphatic hydroxyl groups excluding tert-OH is 4. The number of rotatable bonds is 8. The van der Waals surface area contributed by atoms with Crippen molar-refractivity contribution in [3.63, 3.8) is 0 Å². The van der Waals surface area contributed by atoms with Gasteiger partial charge in [0.25, 0.3) is 5.56 Å². The van der Waals surface area contributed by atoms with Crippen molar-refractivity contribution in [2.24, 2.45) is 4.99 Å². The second kappa shape index (κ2) is 13.7. The van der Waals surface area contributed by atoms with Gasteiger partial charge in [-0.2, -0.15) is 0 Å². The second-order valence-corrected chi connectivity index (χ2v) is 12.4. The van der Waals surface area contributed by atoms with Crippen LogP contribution in [0.1, 0.15) is 33.9 Å². The summed E-state index contributed by atoms with van der Waals surface area (Å²) in [5.41, 5.74) is -2.41. The maximum atomic E-state index is 13.9. The standard InChI is InChI=1S/C28H41N5O13/c1-12(34)13-7-9-31(5)16(23(40)32(13)6)21(22-18(37)19(38)24(44-22)33-10-8-15(35)30-26(33)41)45-25-20(39)17(36)14(43-25)11-29-27(42)46-28(2,3)4/h7-8,10,14,16-22,24-25,36-39H,9,11H2,1-6H3,(H,29,42)(H,30,35,41)/p-1/t14?,16-,17?,18?,19?,20?,21-,22?,24?,25?/m0/s1. The monoisotopic (exact) mass is 654 g/mol. The third kappa shape index (κ3) is 7.39. The number of Topliss-reactive ketones (excluding diaryl/α,β-unsaturated/α-hetero) is 1. The molecule has 0 bridgehead atoms. The van der Waals surface area contributed by atoms with E-state index in [1.807, 2.05) is 4.98 Å². The van der Waals surface area contributed by atoms with Crippen molar-refractivity contribution in [1.82, 2.24) is 19.4 Å². The number of aliphatic hydroxyl groups is 4. The first-order chi connectivity index (χ1) is 21.4. The van der Waals surface area contributed by atoms with Crippen molar-refractivity contribution in [2.75, 3.05) is 27.2 Å². The highest BCUT2D eigenvalue weighted by Gasteiger charge is 2.55. The van der Waals surface area contributed by atoms with Crippen LogP contribution in [-0.4, -0.2) is 145 Å². The molecular formula is C28H40N5O13-. The van der Waals surface area contributed by atoms with Crippen LogP contribution in [0, 0.1) is 0 Å². The molecule has 1 aromatic rings. The van der Waals surface area contributed by atoms with E-state index in [0.29, 0.717) is 0 Å². The van der Waals surface area contributed by atoms with Gasteiger partial charge in [0.1, 0.15) is 54.9 Å². The zero-order chi connectivity index (χ0) is 34.2. The van der Waals surface area contributed by atoms with Gasteiger partial charge in [0.15, 0.2) is 18.3 Å². The lowest BCUT2D eigenvalue weighted by atomic mass is 9.97. The van der Waals surface area contributed by atoms with Crippen LogP contribution in [0.3, 0.4) is 0 Å². The molecule has 1 aromatic heterocycles. The van der Waals surface area contributed by atoms with Gasteiger partial charge in [-0.05, 0) is 13.1 Å². The molecule has 10 atom stereocenters. The van der Waals surface area contributed by atoms with Crippen molar-refractivity contribution < 1.29 is 54.1 Å². The molecule has 18 heteroatoms. The third-order valence-electron chi connectivity index (χ3n) is 7.79. The average Bonchev–Trinajstić information content (AvgIpc) is 3.35. The molecule has 4 rings (SSSR count). The fourth-order valence-corrected chi connectivity index (χ4v) is 5.50. The zero-order valence-electron chi connectivity index (χ0n) is 26.2. The lowest BCUT2D eigenvalue weighted by Gasteiger charge is -2.38. The van der Waals surface area contributed by atoms with Gasteiger partial charge in [0.2, 0.25) is 5.91 Å². The Kier molecular flexibility index (Phi) is 10.5. The largest absolute Gasteiger partial charge is 0.595 e. The van der Waals surface area contributed by atoms with E-state index < -0.39 is 102 Å². The first kappa shape index (κ1) is 35.4. The summed E-state index contributed by atoms with van der Waals surface area (Å²) in [4.78, 5) is 58.6. The van der Waals surface area contributed by atoms with Gasteiger partial charge >= 0.3 is 5.69 Å². The van der Waals surface area contributed by atoms with Crippen LogP contribution < -0.4 is 16.4 Å². The Morgan fingerprint density at radius 3 is 2.39 bits per heavy atom. The summed E-state index contributed by atoms with van der Waals surface area (Å²) in [5, 5.41) is 55.8. The first-order valence-corrected chi connectivity index (χ1v) is 14.5. The normalized spacial score (nSPS) is 33.6. The number of H-pyrrole nitrogens is 1. The average molecular weight is 655 g/mol. The fraction of sp³-hybridized carbons (Fsp3) is 0.679. The first-order valence-electron chi connectivity index (χ1n) is 14.5. The molecule has 256 valence electrons. The van der Waals surface area contributed by atoms with Crippen molar-refractivity contribution in [3.8, 4) is 0 Å². The van der Waals surface area contributed by atoms with Crippen molar-refractivity contribution in [3.05, 3.63) is 44.9 Å². The highest BCUT2D eigenvalue weighted by molar-refractivity contribution is 5.98. The molecule has 0 radical (unpaired) electrons. The lowest BCUT2D eigenvalue weighted by molar-refractivity contribution is -0.261. The number of ketones is 1. The molecule has 3 aliphatic heterocycles. The molecule has 4 heterocycles. The summed E-state index contributed by atoms with van der Waals surface area (Å²) in [5.74, 6) is -1.09. The number of ether oxygens (including phenoxy) is 4. The van der Waals surface area contributed by atoms with E-state index in [1.54, 1.807) is 20.8 Å². The number of aromatic amines is 1. The molecule has 46 heavy (non-hydrogen) atoms. The van der Waals surface area contributed by atoms with Crippen LogP contribution in [0.5, 0.6) is 0 Å². The second-order valence-electron chi connectivity index (χ2n) is 12.4. The van der Waals surface area contributed by atoms with Gasteiger partial charge in [0.05, 0.1) is 12.2 Å². The minimum atomic E-state index is -1.80. The van der Waals surface area contributed by atoms with E-state index in [2.05, 4.69) is 4.99 Å². The quantitative estimate of drug-likeness (QED) is 0.132. The number of aromatic nitrogens is 2. The number of nitrogens with one attached hydrogen (secondary N) is 1. The Hall–Kier alpha value is -3.49. The van der Waals surface area contributed by atoms with Crippen molar-refractivity contribution in [2.45, 2.75) is 94.6 Å². The molecule has 18 nitrogen and oxygen atoms in total. The highest BCUT2D eigenvalue weighted by atomic mass is 16.7. The van der Waals surface area contributed by atoms with Gasteiger partial charge in [-0.25, -0.2) is 4.79 Å². The zero-order valence-corrected chi connectivity index (χ0v) is 26.2. The summed E-state index contributed by atoms with van der Waals surface area (Å²) in [6.07, 6.45) is -12.9. The van der Waals surface area contributed by atoms with Crippen LogP contribution in [0.15, 0.2) is 38.6 Å². The number of aliphatic imine (C=N–C) groups is 1. The molecule has 0 spiro atoms. The molecular weight excluding hydrogens is 614 g/mol. The Bertz CT molecular complexity index is 1470. The van der Waals surface area contributed by atoms with Gasteiger partial charge in [-0.15, -0.1) is 0 Å². The molecule has 8 unspecified atom stereocenters. The minimum Gasteiger partial charge on any atom is -0.595 e. The van der Waals surface area contributed by atoms with Crippen molar-refractivity contribution >= 4 is 17.8 Å². The number of hydrogen-bond acceptors (Lipinski definition) is 15. The Morgan fingerprint density at radius 1 is 1.11 bits per heavy atom. The van der Waals surface area contributed by atoms with E-state index >= 15 is 0 Å². The minimum absolute atomic E-state index is 0.0395. The van der Waals surface area contributed by atoms with E-state index in [4.69, 9.17) is 18.9 Å².